The summed E-state index contributed by atoms with van der Waals surface area (Å²) in [5.74, 6) is 0. The molecule has 20 heavy (non-hydrogen) atoms. The third kappa shape index (κ3) is 2.60. The molecule has 0 saturated heterocycles. The molecule has 0 aliphatic carbocycles. The van der Waals surface area contributed by atoms with E-state index in [9.17, 15) is 0 Å². The smallest absolute Gasteiger partial charge is 0.0864 e. The molecule has 2 aromatic carbocycles. The second-order valence-corrected chi connectivity index (χ2v) is 7.35. The van der Waals surface area contributed by atoms with Crippen molar-refractivity contribution in [2.75, 3.05) is 0 Å². The van der Waals surface area contributed by atoms with Crippen LogP contribution in [0.1, 0.15) is 16.5 Å². The highest BCUT2D eigenvalue weighted by Gasteiger charge is 2.19. The van der Waals surface area contributed by atoms with Crippen LogP contribution in [-0.2, 0) is 0 Å². The lowest BCUT2D eigenvalue weighted by atomic mass is 10.0. The summed E-state index contributed by atoms with van der Waals surface area (Å²) in [6.07, 6.45) is 0. The molecular weight excluding hydrogens is 398 g/mol. The molecule has 1 unspecified atom stereocenters. The van der Waals surface area contributed by atoms with Gasteiger partial charge in [0.2, 0.25) is 0 Å². The largest absolute Gasteiger partial charge is 0.142 e. The van der Waals surface area contributed by atoms with E-state index in [1.807, 2.05) is 18.2 Å². The second kappa shape index (κ2) is 5.86. The third-order valence-electron chi connectivity index (χ3n) is 3.09. The van der Waals surface area contributed by atoms with Crippen LogP contribution in [0.3, 0.4) is 0 Å². The maximum absolute atomic E-state index is 6.63. The van der Waals surface area contributed by atoms with Crippen molar-refractivity contribution in [1.29, 1.82) is 0 Å². The van der Waals surface area contributed by atoms with Gasteiger partial charge in [-0.15, -0.1) is 22.9 Å². The molecular formula is C15H8BrCl3S. The van der Waals surface area contributed by atoms with Gasteiger partial charge in [0.05, 0.1) is 5.38 Å². The van der Waals surface area contributed by atoms with Gasteiger partial charge in [-0.2, -0.15) is 0 Å². The SMILES string of the molecule is Clc1ccc(Cl)c(C(Cl)c2csc3c(Br)cccc23)c1. The van der Waals surface area contributed by atoms with Crippen LogP contribution in [0.25, 0.3) is 10.1 Å². The second-order valence-electron chi connectivity index (χ2n) is 4.34. The molecule has 0 bridgehead atoms. The lowest BCUT2D eigenvalue weighted by Crippen LogP contribution is -1.93. The van der Waals surface area contributed by atoms with Gasteiger partial charge in [-0.1, -0.05) is 35.3 Å². The summed E-state index contributed by atoms with van der Waals surface area (Å²) >= 11 is 24.1. The number of fused-ring (bicyclic) bond motifs is 1. The molecule has 1 atom stereocenters. The van der Waals surface area contributed by atoms with Gasteiger partial charge in [0.15, 0.2) is 0 Å². The van der Waals surface area contributed by atoms with Crippen molar-refractivity contribution in [2.24, 2.45) is 0 Å². The molecule has 3 rings (SSSR count). The Morgan fingerprint density at radius 1 is 1.05 bits per heavy atom. The topological polar surface area (TPSA) is 0 Å². The van der Waals surface area contributed by atoms with Crippen LogP contribution in [0.5, 0.6) is 0 Å². The minimum absolute atomic E-state index is 0.316. The summed E-state index contributed by atoms with van der Waals surface area (Å²) in [6.45, 7) is 0. The van der Waals surface area contributed by atoms with Gasteiger partial charge >= 0.3 is 0 Å². The Hall–Kier alpha value is -0.250. The zero-order chi connectivity index (χ0) is 14.3. The highest BCUT2D eigenvalue weighted by molar-refractivity contribution is 9.10. The fourth-order valence-electron chi connectivity index (χ4n) is 2.11. The van der Waals surface area contributed by atoms with E-state index in [-0.39, 0.29) is 5.38 Å². The quantitative estimate of drug-likeness (QED) is 0.392. The lowest BCUT2D eigenvalue weighted by molar-refractivity contribution is 1.17. The monoisotopic (exact) mass is 404 g/mol. The van der Waals surface area contributed by atoms with Gasteiger partial charge in [0, 0.05) is 19.2 Å². The average molecular weight is 407 g/mol. The Labute approximate surface area is 144 Å². The average Bonchev–Trinajstić information content (AvgIpc) is 2.86. The van der Waals surface area contributed by atoms with E-state index >= 15 is 0 Å². The lowest BCUT2D eigenvalue weighted by Gasteiger charge is -2.12. The summed E-state index contributed by atoms with van der Waals surface area (Å²) in [7, 11) is 0. The van der Waals surface area contributed by atoms with Crippen LogP contribution in [0.15, 0.2) is 46.3 Å². The van der Waals surface area contributed by atoms with Crippen molar-refractivity contribution in [2.45, 2.75) is 5.38 Å². The number of halogens is 4. The van der Waals surface area contributed by atoms with Crippen LogP contribution in [-0.4, -0.2) is 0 Å². The van der Waals surface area contributed by atoms with Crippen molar-refractivity contribution in [3.63, 3.8) is 0 Å². The van der Waals surface area contributed by atoms with Crippen LogP contribution < -0.4 is 0 Å². The van der Waals surface area contributed by atoms with Crippen LogP contribution in [0, 0.1) is 0 Å². The van der Waals surface area contributed by atoms with E-state index in [1.54, 1.807) is 23.5 Å². The highest BCUT2D eigenvalue weighted by atomic mass is 79.9. The van der Waals surface area contributed by atoms with Gasteiger partial charge in [-0.25, -0.2) is 0 Å². The zero-order valence-electron chi connectivity index (χ0n) is 10.0. The molecule has 3 aromatic rings. The Morgan fingerprint density at radius 2 is 1.85 bits per heavy atom. The molecule has 5 heteroatoms. The van der Waals surface area contributed by atoms with Crippen molar-refractivity contribution in [3.05, 3.63) is 67.4 Å². The number of rotatable bonds is 2. The predicted molar refractivity (Wildman–Crippen MR) is 93.7 cm³/mol. The molecule has 0 amide bonds. The normalized spacial score (nSPS) is 12.8. The van der Waals surface area contributed by atoms with Crippen molar-refractivity contribution in [1.82, 2.24) is 0 Å². The minimum Gasteiger partial charge on any atom is -0.142 e. The minimum atomic E-state index is -0.316. The van der Waals surface area contributed by atoms with Gasteiger partial charge in [0.1, 0.15) is 0 Å². The van der Waals surface area contributed by atoms with Crippen molar-refractivity contribution < 1.29 is 0 Å². The maximum Gasteiger partial charge on any atom is 0.0864 e. The molecule has 1 aromatic heterocycles. The van der Waals surface area contributed by atoms with Crippen LogP contribution in [0.2, 0.25) is 10.0 Å². The molecule has 0 spiro atoms. The summed E-state index contributed by atoms with van der Waals surface area (Å²) in [6, 6.07) is 11.5. The molecule has 102 valence electrons. The Balaban J connectivity index is 2.15. The predicted octanol–water partition coefficient (Wildman–Crippen LogP) is 7.30. The third-order valence-corrected chi connectivity index (χ3v) is 6.11. The van der Waals surface area contributed by atoms with Gasteiger partial charge in [0.25, 0.3) is 0 Å². The highest BCUT2D eigenvalue weighted by Crippen LogP contribution is 2.42. The Bertz CT molecular complexity index is 782. The zero-order valence-corrected chi connectivity index (χ0v) is 14.7. The number of hydrogen-bond donors (Lipinski definition) is 0. The maximum atomic E-state index is 6.63. The first kappa shape index (κ1) is 14.7. The van der Waals surface area contributed by atoms with E-state index in [4.69, 9.17) is 34.8 Å². The standard InChI is InChI=1S/C15H8BrCl3S/c16-12-3-1-2-9-11(7-20-15(9)12)14(19)10-6-8(17)4-5-13(10)18/h1-7,14H. The van der Waals surface area contributed by atoms with Gasteiger partial charge in [-0.05, 0) is 62.1 Å². The number of benzene rings is 2. The van der Waals surface area contributed by atoms with E-state index in [0.29, 0.717) is 10.0 Å². The van der Waals surface area contributed by atoms with Crippen molar-refractivity contribution >= 4 is 72.2 Å². The van der Waals surface area contributed by atoms with Gasteiger partial charge < -0.3 is 0 Å². The molecule has 0 aliphatic heterocycles. The first-order valence-corrected chi connectivity index (χ1v) is 8.69. The van der Waals surface area contributed by atoms with E-state index in [1.165, 1.54) is 4.70 Å². The fourth-order valence-corrected chi connectivity index (χ4v) is 4.66. The molecule has 0 fully saturated rings. The molecule has 0 N–H and O–H groups in total. The van der Waals surface area contributed by atoms with E-state index in [2.05, 4.69) is 27.4 Å². The first-order chi connectivity index (χ1) is 9.58. The number of hydrogen-bond acceptors (Lipinski definition) is 1. The van der Waals surface area contributed by atoms with Gasteiger partial charge in [-0.3, -0.25) is 0 Å². The van der Waals surface area contributed by atoms with Crippen LogP contribution >= 0.6 is 62.1 Å². The Kier molecular flexibility index (Phi) is 4.30. The molecule has 0 aliphatic rings. The molecule has 1 heterocycles. The summed E-state index contributed by atoms with van der Waals surface area (Å²) in [4.78, 5) is 0. The number of alkyl halides is 1. The van der Waals surface area contributed by atoms with E-state index in [0.717, 1.165) is 21.0 Å². The Morgan fingerprint density at radius 3 is 2.65 bits per heavy atom. The fraction of sp³-hybridized carbons (Fsp3) is 0.0667. The summed E-state index contributed by atoms with van der Waals surface area (Å²) in [5, 5.41) is 4.16. The summed E-state index contributed by atoms with van der Waals surface area (Å²) in [5.41, 5.74) is 1.89. The first-order valence-electron chi connectivity index (χ1n) is 5.82. The molecule has 0 radical (unpaired) electrons. The molecule has 0 saturated carbocycles. The molecule has 0 nitrogen and oxygen atoms in total. The van der Waals surface area contributed by atoms with Crippen LogP contribution in [0.4, 0.5) is 0 Å². The van der Waals surface area contributed by atoms with E-state index < -0.39 is 0 Å². The summed E-state index contributed by atoms with van der Waals surface area (Å²) < 4.78 is 2.26. The number of thiophene rings is 1. The van der Waals surface area contributed by atoms with Crippen molar-refractivity contribution in [3.8, 4) is 0 Å².